The van der Waals surface area contributed by atoms with E-state index >= 15 is 0 Å². The van der Waals surface area contributed by atoms with Crippen molar-refractivity contribution in [3.05, 3.63) is 34.3 Å². The lowest BCUT2D eigenvalue weighted by atomic mass is 10.1. The highest BCUT2D eigenvalue weighted by Crippen LogP contribution is 2.16. The second-order valence-electron chi connectivity index (χ2n) is 2.91. The van der Waals surface area contributed by atoms with Gasteiger partial charge in [-0.2, -0.15) is 0 Å². The average molecular weight is 258 g/mol. The molecule has 0 aromatic heterocycles. The van der Waals surface area contributed by atoms with Gasteiger partial charge in [0.1, 0.15) is 0 Å². The zero-order chi connectivity index (χ0) is 10.6. The molecule has 0 unspecified atom stereocenters. The van der Waals surface area contributed by atoms with Crippen LogP contribution in [0.2, 0.25) is 0 Å². The van der Waals surface area contributed by atoms with E-state index in [9.17, 15) is 4.79 Å². The number of alkyl carbamates (subject to hydrolysis) is 1. The second kappa shape index (κ2) is 5.00. The summed E-state index contributed by atoms with van der Waals surface area (Å²) in [6.07, 6.45) is -0.416. The predicted molar refractivity (Wildman–Crippen MR) is 58.1 cm³/mol. The largest absolute Gasteiger partial charge is 0.453 e. The lowest BCUT2D eigenvalue weighted by molar-refractivity contribution is 0.167. The van der Waals surface area contributed by atoms with Crippen molar-refractivity contribution in [2.75, 3.05) is 7.11 Å². The molecule has 1 N–H and O–H groups in total. The molecule has 0 heterocycles. The Balaban J connectivity index is 2.65. The molecule has 1 aromatic carbocycles. The molecule has 0 aliphatic rings. The molecule has 0 saturated heterocycles. The second-order valence-corrected chi connectivity index (χ2v) is 3.82. The predicted octanol–water partition coefficient (Wildman–Crippen LogP) is 2.87. The molecule has 0 aliphatic heterocycles. The van der Waals surface area contributed by atoms with E-state index in [2.05, 4.69) is 26.0 Å². The Morgan fingerprint density at radius 3 is 2.50 bits per heavy atom. The SMILES string of the molecule is COC(=O)N[C@H](C)c1ccc(Br)cc1. The van der Waals surface area contributed by atoms with Gasteiger partial charge in [-0.05, 0) is 24.6 Å². The molecule has 1 aromatic rings. The van der Waals surface area contributed by atoms with Crippen molar-refractivity contribution in [3.8, 4) is 0 Å². The maximum absolute atomic E-state index is 10.9. The molecule has 76 valence electrons. The summed E-state index contributed by atoms with van der Waals surface area (Å²) in [6.45, 7) is 1.90. The highest BCUT2D eigenvalue weighted by atomic mass is 79.9. The summed E-state index contributed by atoms with van der Waals surface area (Å²) in [6, 6.07) is 7.72. The number of methoxy groups -OCH3 is 1. The van der Waals surface area contributed by atoms with Crippen LogP contribution in [0.3, 0.4) is 0 Å². The van der Waals surface area contributed by atoms with Gasteiger partial charge in [0, 0.05) is 4.47 Å². The van der Waals surface area contributed by atoms with Crippen molar-refractivity contribution < 1.29 is 9.53 Å². The minimum atomic E-state index is -0.416. The van der Waals surface area contributed by atoms with Gasteiger partial charge in [0.05, 0.1) is 13.2 Å². The summed E-state index contributed by atoms with van der Waals surface area (Å²) in [5.74, 6) is 0. The summed E-state index contributed by atoms with van der Waals surface area (Å²) >= 11 is 3.35. The molecule has 1 rings (SSSR count). The van der Waals surface area contributed by atoms with Crippen LogP contribution in [0.15, 0.2) is 28.7 Å². The van der Waals surface area contributed by atoms with Crippen molar-refractivity contribution in [2.24, 2.45) is 0 Å². The van der Waals surface area contributed by atoms with Crippen LogP contribution in [0.25, 0.3) is 0 Å². The highest BCUT2D eigenvalue weighted by molar-refractivity contribution is 9.10. The first-order valence-electron chi connectivity index (χ1n) is 4.23. The van der Waals surface area contributed by atoms with Gasteiger partial charge in [-0.15, -0.1) is 0 Å². The van der Waals surface area contributed by atoms with E-state index < -0.39 is 6.09 Å². The van der Waals surface area contributed by atoms with Crippen LogP contribution < -0.4 is 5.32 Å². The molecule has 0 fully saturated rings. The summed E-state index contributed by atoms with van der Waals surface area (Å²) < 4.78 is 5.53. The molecule has 0 spiro atoms. The van der Waals surface area contributed by atoms with Gasteiger partial charge in [0.2, 0.25) is 0 Å². The standard InChI is InChI=1S/C10H12BrNO2/c1-7(12-10(13)14-2)8-3-5-9(11)6-4-8/h3-7H,1-2H3,(H,12,13)/t7-/m1/s1. The summed E-state index contributed by atoms with van der Waals surface area (Å²) in [4.78, 5) is 10.9. The van der Waals surface area contributed by atoms with Gasteiger partial charge in [0.15, 0.2) is 0 Å². The Labute approximate surface area is 91.6 Å². The molecule has 1 atom stereocenters. The Morgan fingerprint density at radius 1 is 1.43 bits per heavy atom. The molecule has 4 heteroatoms. The van der Waals surface area contributed by atoms with Crippen molar-refractivity contribution in [1.82, 2.24) is 5.32 Å². The maximum atomic E-state index is 10.9. The zero-order valence-electron chi connectivity index (χ0n) is 8.08. The Morgan fingerprint density at radius 2 is 2.00 bits per heavy atom. The third kappa shape index (κ3) is 3.03. The number of amides is 1. The number of carbonyl (C=O) groups excluding carboxylic acids is 1. The van der Waals surface area contributed by atoms with E-state index in [-0.39, 0.29) is 6.04 Å². The van der Waals surface area contributed by atoms with Crippen molar-refractivity contribution in [2.45, 2.75) is 13.0 Å². The van der Waals surface area contributed by atoms with Gasteiger partial charge < -0.3 is 10.1 Å². The van der Waals surface area contributed by atoms with Gasteiger partial charge in [0.25, 0.3) is 0 Å². The number of nitrogens with one attached hydrogen (secondary N) is 1. The lowest BCUT2D eigenvalue weighted by Crippen LogP contribution is -2.26. The number of hydrogen-bond donors (Lipinski definition) is 1. The first-order valence-corrected chi connectivity index (χ1v) is 5.02. The van der Waals surface area contributed by atoms with Crippen LogP contribution in [0.1, 0.15) is 18.5 Å². The number of hydrogen-bond acceptors (Lipinski definition) is 2. The van der Waals surface area contributed by atoms with Gasteiger partial charge in [-0.1, -0.05) is 28.1 Å². The monoisotopic (exact) mass is 257 g/mol. The lowest BCUT2D eigenvalue weighted by Gasteiger charge is -2.12. The fourth-order valence-corrected chi connectivity index (χ4v) is 1.33. The van der Waals surface area contributed by atoms with Crippen LogP contribution in [0, 0.1) is 0 Å². The van der Waals surface area contributed by atoms with Crippen LogP contribution in [0.4, 0.5) is 4.79 Å². The van der Waals surface area contributed by atoms with Crippen molar-refractivity contribution in [3.63, 3.8) is 0 Å². The number of benzene rings is 1. The third-order valence-electron chi connectivity index (χ3n) is 1.89. The summed E-state index contributed by atoms with van der Waals surface area (Å²) in [7, 11) is 1.35. The highest BCUT2D eigenvalue weighted by Gasteiger charge is 2.08. The van der Waals surface area contributed by atoms with E-state index in [1.807, 2.05) is 31.2 Å². The molecular weight excluding hydrogens is 246 g/mol. The van der Waals surface area contributed by atoms with E-state index in [4.69, 9.17) is 0 Å². The first-order chi connectivity index (χ1) is 6.63. The first kappa shape index (κ1) is 11.0. The van der Waals surface area contributed by atoms with Crippen molar-refractivity contribution >= 4 is 22.0 Å². The molecule has 3 nitrogen and oxygen atoms in total. The van der Waals surface area contributed by atoms with Crippen LogP contribution in [-0.2, 0) is 4.74 Å². The zero-order valence-corrected chi connectivity index (χ0v) is 9.67. The molecule has 1 amide bonds. The van der Waals surface area contributed by atoms with E-state index in [0.717, 1.165) is 10.0 Å². The Bertz CT molecular complexity index is 310. The topological polar surface area (TPSA) is 38.3 Å². The third-order valence-corrected chi connectivity index (χ3v) is 2.42. The maximum Gasteiger partial charge on any atom is 0.407 e. The van der Waals surface area contributed by atoms with Crippen LogP contribution in [0.5, 0.6) is 0 Å². The minimum absolute atomic E-state index is 0.0458. The normalized spacial score (nSPS) is 11.9. The Kier molecular flexibility index (Phi) is 3.95. The fourth-order valence-electron chi connectivity index (χ4n) is 1.07. The van der Waals surface area contributed by atoms with Gasteiger partial charge in [-0.3, -0.25) is 0 Å². The number of halogens is 1. The molecule has 0 saturated carbocycles. The van der Waals surface area contributed by atoms with Gasteiger partial charge >= 0.3 is 6.09 Å². The molecule has 0 bridgehead atoms. The van der Waals surface area contributed by atoms with E-state index in [1.54, 1.807) is 0 Å². The van der Waals surface area contributed by atoms with Crippen molar-refractivity contribution in [1.29, 1.82) is 0 Å². The molecule has 14 heavy (non-hydrogen) atoms. The average Bonchev–Trinajstić information content (AvgIpc) is 2.18. The minimum Gasteiger partial charge on any atom is -0.453 e. The number of ether oxygens (including phenoxy) is 1. The fraction of sp³-hybridized carbons (Fsp3) is 0.300. The number of rotatable bonds is 2. The van der Waals surface area contributed by atoms with Crippen LogP contribution in [-0.4, -0.2) is 13.2 Å². The van der Waals surface area contributed by atoms with E-state index in [0.29, 0.717) is 0 Å². The molecule has 0 aliphatic carbocycles. The molecular formula is C10H12BrNO2. The van der Waals surface area contributed by atoms with E-state index in [1.165, 1.54) is 7.11 Å². The quantitative estimate of drug-likeness (QED) is 0.885. The molecule has 0 radical (unpaired) electrons. The van der Waals surface area contributed by atoms with Gasteiger partial charge in [-0.25, -0.2) is 4.79 Å². The summed E-state index contributed by atoms with van der Waals surface area (Å²) in [5, 5.41) is 2.69. The number of carbonyl (C=O) groups is 1. The smallest absolute Gasteiger partial charge is 0.407 e. The van der Waals surface area contributed by atoms with Crippen LogP contribution >= 0.6 is 15.9 Å². The Hall–Kier alpha value is -1.03. The summed E-state index contributed by atoms with van der Waals surface area (Å²) in [5.41, 5.74) is 1.04.